The van der Waals surface area contributed by atoms with E-state index in [9.17, 15) is 9.90 Å². The third kappa shape index (κ3) is 0.843. The van der Waals surface area contributed by atoms with Gasteiger partial charge in [0, 0.05) is 6.04 Å². The predicted octanol–water partition coefficient (Wildman–Crippen LogP) is 0.652. The van der Waals surface area contributed by atoms with Crippen molar-refractivity contribution < 1.29 is 15.0 Å². The summed E-state index contributed by atoms with van der Waals surface area (Å²) in [6.45, 7) is 1.73. The first-order chi connectivity index (χ1) is 5.52. The predicted molar refractivity (Wildman–Crippen MR) is 41.9 cm³/mol. The lowest BCUT2D eigenvalue weighted by Crippen LogP contribution is -2.42. The third-order valence-electron chi connectivity index (χ3n) is 3.09. The van der Waals surface area contributed by atoms with Crippen LogP contribution >= 0.6 is 0 Å². The normalized spacial score (nSPS) is 45.3. The second kappa shape index (κ2) is 2.13. The molecule has 2 heterocycles. The van der Waals surface area contributed by atoms with Gasteiger partial charge in [-0.15, -0.1) is 0 Å². The minimum Gasteiger partial charge on any atom is -0.465 e. The standard InChI is InChI=1S/C8H13NO3/c1-8(12)4-5-2-3-6(8)9(5)7(10)11/h5-6,12H,2-4H2,1H3,(H,10,11)/t5-,6+,8+/m0/s1. The molecule has 2 rings (SSSR count). The van der Waals surface area contributed by atoms with Crippen LogP contribution in [0.15, 0.2) is 0 Å². The Morgan fingerprint density at radius 2 is 2.25 bits per heavy atom. The maximum absolute atomic E-state index is 10.8. The molecule has 4 heteroatoms. The molecule has 0 aliphatic carbocycles. The summed E-state index contributed by atoms with van der Waals surface area (Å²) in [6.07, 6.45) is 1.43. The number of fused-ring (bicyclic) bond motifs is 2. The van der Waals surface area contributed by atoms with Crippen LogP contribution in [-0.4, -0.2) is 38.9 Å². The fourth-order valence-electron chi connectivity index (χ4n) is 2.60. The molecule has 0 saturated carbocycles. The van der Waals surface area contributed by atoms with Crippen molar-refractivity contribution in [1.82, 2.24) is 4.90 Å². The van der Waals surface area contributed by atoms with Gasteiger partial charge in [-0.3, -0.25) is 4.90 Å². The lowest BCUT2D eigenvalue weighted by molar-refractivity contribution is 0.0204. The molecule has 1 amide bonds. The van der Waals surface area contributed by atoms with Crippen LogP contribution in [0.1, 0.15) is 26.2 Å². The zero-order chi connectivity index (χ0) is 8.93. The van der Waals surface area contributed by atoms with Crippen LogP contribution in [0.3, 0.4) is 0 Å². The van der Waals surface area contributed by atoms with Crippen LogP contribution in [0.5, 0.6) is 0 Å². The quantitative estimate of drug-likeness (QED) is 0.562. The van der Waals surface area contributed by atoms with Crippen LogP contribution in [0.25, 0.3) is 0 Å². The Kier molecular flexibility index (Phi) is 1.39. The zero-order valence-electron chi connectivity index (χ0n) is 7.03. The Hall–Kier alpha value is -0.770. The highest BCUT2D eigenvalue weighted by Gasteiger charge is 2.54. The zero-order valence-corrected chi connectivity index (χ0v) is 7.03. The topological polar surface area (TPSA) is 60.8 Å². The minimum absolute atomic E-state index is 0.0579. The van der Waals surface area contributed by atoms with Crippen LogP contribution in [-0.2, 0) is 0 Å². The first-order valence-electron chi connectivity index (χ1n) is 4.26. The molecule has 12 heavy (non-hydrogen) atoms. The van der Waals surface area contributed by atoms with Gasteiger partial charge in [-0.1, -0.05) is 0 Å². The van der Waals surface area contributed by atoms with Gasteiger partial charge < -0.3 is 10.2 Å². The van der Waals surface area contributed by atoms with Gasteiger partial charge in [0.15, 0.2) is 0 Å². The first kappa shape index (κ1) is 7.86. The molecule has 4 nitrogen and oxygen atoms in total. The van der Waals surface area contributed by atoms with Gasteiger partial charge in [0.1, 0.15) is 0 Å². The molecule has 0 aromatic heterocycles. The summed E-state index contributed by atoms with van der Waals surface area (Å²) in [5, 5.41) is 18.6. The van der Waals surface area contributed by atoms with Crippen molar-refractivity contribution in [2.75, 3.05) is 0 Å². The molecule has 2 N–H and O–H groups in total. The fourth-order valence-corrected chi connectivity index (χ4v) is 2.60. The fraction of sp³-hybridized carbons (Fsp3) is 0.875. The van der Waals surface area contributed by atoms with E-state index in [4.69, 9.17) is 5.11 Å². The Labute approximate surface area is 70.8 Å². The molecule has 2 aliphatic heterocycles. The minimum atomic E-state index is -0.889. The molecule has 0 radical (unpaired) electrons. The van der Waals surface area contributed by atoms with E-state index in [0.717, 1.165) is 12.8 Å². The molecule has 3 atom stereocenters. The number of aliphatic hydroxyl groups is 1. The van der Waals surface area contributed by atoms with Crippen molar-refractivity contribution in [3.8, 4) is 0 Å². The van der Waals surface area contributed by atoms with Gasteiger partial charge in [-0.25, -0.2) is 4.79 Å². The molecular weight excluding hydrogens is 158 g/mol. The lowest BCUT2D eigenvalue weighted by Gasteiger charge is -2.27. The molecule has 2 saturated heterocycles. The van der Waals surface area contributed by atoms with E-state index in [1.54, 1.807) is 6.92 Å². The Bertz CT molecular complexity index is 226. The summed E-state index contributed by atoms with van der Waals surface area (Å²) >= 11 is 0. The molecule has 0 spiro atoms. The highest BCUT2D eigenvalue weighted by atomic mass is 16.4. The number of carboxylic acid groups (broad SMARTS) is 1. The number of rotatable bonds is 0. The van der Waals surface area contributed by atoms with Crippen molar-refractivity contribution in [3.05, 3.63) is 0 Å². The summed E-state index contributed by atoms with van der Waals surface area (Å²) in [4.78, 5) is 12.2. The average Bonchev–Trinajstić information content (AvgIpc) is 2.38. The summed E-state index contributed by atoms with van der Waals surface area (Å²) in [6, 6.07) is -0.109. The molecular formula is C8H13NO3. The number of hydrogen-bond donors (Lipinski definition) is 2. The third-order valence-corrected chi connectivity index (χ3v) is 3.09. The molecule has 2 fully saturated rings. The highest BCUT2D eigenvalue weighted by molar-refractivity contribution is 5.67. The highest BCUT2D eigenvalue weighted by Crippen LogP contribution is 2.43. The smallest absolute Gasteiger partial charge is 0.407 e. The monoisotopic (exact) mass is 171 g/mol. The van der Waals surface area contributed by atoms with E-state index >= 15 is 0 Å². The van der Waals surface area contributed by atoms with Gasteiger partial charge in [-0.2, -0.15) is 0 Å². The van der Waals surface area contributed by atoms with E-state index in [0.29, 0.717) is 6.42 Å². The number of amides is 1. The second-order valence-electron chi connectivity index (χ2n) is 4.00. The number of hydrogen-bond acceptors (Lipinski definition) is 2. The Morgan fingerprint density at radius 3 is 2.50 bits per heavy atom. The molecule has 2 aliphatic rings. The second-order valence-corrected chi connectivity index (χ2v) is 4.00. The first-order valence-corrected chi connectivity index (χ1v) is 4.26. The largest absolute Gasteiger partial charge is 0.465 e. The Morgan fingerprint density at radius 1 is 1.58 bits per heavy atom. The van der Waals surface area contributed by atoms with Crippen molar-refractivity contribution in [3.63, 3.8) is 0 Å². The summed E-state index contributed by atoms with van der Waals surface area (Å²) in [5.74, 6) is 0. The van der Waals surface area contributed by atoms with E-state index < -0.39 is 11.7 Å². The van der Waals surface area contributed by atoms with Gasteiger partial charge in [0.2, 0.25) is 0 Å². The lowest BCUT2D eigenvalue weighted by atomic mass is 9.87. The van der Waals surface area contributed by atoms with Crippen molar-refractivity contribution in [2.45, 2.75) is 43.9 Å². The molecule has 0 aromatic carbocycles. The average molecular weight is 171 g/mol. The van der Waals surface area contributed by atoms with Crippen molar-refractivity contribution in [1.29, 1.82) is 0 Å². The van der Waals surface area contributed by atoms with Crippen LogP contribution in [0, 0.1) is 0 Å². The molecule has 0 aromatic rings. The number of nitrogens with zero attached hydrogens (tertiary/aromatic N) is 1. The number of carbonyl (C=O) groups is 1. The summed E-state index contributed by atoms with van der Waals surface area (Å²) in [5.41, 5.74) is -0.790. The van der Waals surface area contributed by atoms with E-state index in [1.807, 2.05) is 0 Å². The van der Waals surface area contributed by atoms with Crippen molar-refractivity contribution >= 4 is 6.09 Å². The van der Waals surface area contributed by atoms with Gasteiger partial charge >= 0.3 is 6.09 Å². The van der Waals surface area contributed by atoms with Gasteiger partial charge in [0.25, 0.3) is 0 Å². The van der Waals surface area contributed by atoms with Crippen molar-refractivity contribution in [2.24, 2.45) is 0 Å². The van der Waals surface area contributed by atoms with Gasteiger partial charge in [-0.05, 0) is 26.2 Å². The Balaban J connectivity index is 2.26. The molecule has 2 bridgehead atoms. The van der Waals surface area contributed by atoms with Crippen LogP contribution < -0.4 is 0 Å². The SMILES string of the molecule is C[C@@]1(O)C[C@@H]2CC[C@H]1N2C(=O)O. The molecule has 68 valence electrons. The summed E-state index contributed by atoms with van der Waals surface area (Å²) in [7, 11) is 0. The van der Waals surface area contributed by atoms with Crippen LogP contribution in [0.4, 0.5) is 4.79 Å². The summed E-state index contributed by atoms with van der Waals surface area (Å²) < 4.78 is 0. The maximum Gasteiger partial charge on any atom is 0.407 e. The van der Waals surface area contributed by atoms with E-state index in [2.05, 4.69) is 0 Å². The van der Waals surface area contributed by atoms with Gasteiger partial charge in [0.05, 0.1) is 11.6 Å². The van der Waals surface area contributed by atoms with E-state index in [-0.39, 0.29) is 12.1 Å². The maximum atomic E-state index is 10.8. The van der Waals surface area contributed by atoms with Crippen LogP contribution in [0.2, 0.25) is 0 Å². The molecule has 0 unspecified atom stereocenters. The van der Waals surface area contributed by atoms with E-state index in [1.165, 1.54) is 4.90 Å².